The van der Waals surface area contributed by atoms with Crippen LogP contribution in [0, 0.1) is 5.82 Å². The molecule has 1 unspecified atom stereocenters. The number of rotatable bonds is 12. The van der Waals surface area contributed by atoms with Gasteiger partial charge in [0.25, 0.3) is 5.91 Å². The summed E-state index contributed by atoms with van der Waals surface area (Å²) in [5.74, 6) is 0.423. The minimum atomic E-state index is -0.643. The van der Waals surface area contributed by atoms with Crippen molar-refractivity contribution in [3.05, 3.63) is 89.4 Å². The lowest BCUT2D eigenvalue weighted by atomic mass is 9.96. The number of likely N-dealkylation sites (N-methyl/N-ethyl adjacent to an activating group) is 1. The Kier molecular flexibility index (Phi) is 9.60. The fourth-order valence-corrected chi connectivity index (χ4v) is 5.11. The van der Waals surface area contributed by atoms with Gasteiger partial charge in [-0.25, -0.2) is 13.9 Å². The lowest BCUT2D eigenvalue weighted by molar-refractivity contribution is -0.138. The van der Waals surface area contributed by atoms with E-state index in [0.29, 0.717) is 52.5 Å². The number of fused-ring (bicyclic) bond motifs is 1. The van der Waals surface area contributed by atoms with E-state index in [1.807, 2.05) is 26.0 Å². The van der Waals surface area contributed by atoms with Crippen LogP contribution in [0.25, 0.3) is 0 Å². The molecule has 0 bridgehead atoms. The molecule has 0 spiro atoms. The van der Waals surface area contributed by atoms with Gasteiger partial charge in [-0.3, -0.25) is 4.79 Å². The van der Waals surface area contributed by atoms with Gasteiger partial charge in [-0.2, -0.15) is 4.98 Å². The van der Waals surface area contributed by atoms with E-state index in [1.54, 1.807) is 46.8 Å². The Morgan fingerprint density at radius 2 is 1.90 bits per heavy atom. The molecule has 0 saturated heterocycles. The molecule has 0 fully saturated rings. The first-order valence-corrected chi connectivity index (χ1v) is 13.9. The van der Waals surface area contributed by atoms with Gasteiger partial charge in [0.15, 0.2) is 6.61 Å². The summed E-state index contributed by atoms with van der Waals surface area (Å²) in [4.78, 5) is 31.8. The van der Waals surface area contributed by atoms with Gasteiger partial charge >= 0.3 is 5.97 Å². The molecule has 4 rings (SSSR count). The number of nitrogens with one attached hydrogen (secondary N) is 1. The van der Waals surface area contributed by atoms with Gasteiger partial charge < -0.3 is 19.7 Å². The zero-order valence-corrected chi connectivity index (χ0v) is 23.5. The lowest BCUT2D eigenvalue weighted by Gasteiger charge is -2.28. The van der Waals surface area contributed by atoms with Crippen molar-refractivity contribution in [2.75, 3.05) is 31.6 Å². The maximum Gasteiger partial charge on any atom is 0.338 e. The number of anilines is 1. The Morgan fingerprint density at radius 3 is 2.58 bits per heavy atom. The third kappa shape index (κ3) is 6.53. The number of thioether (sulfide) groups is 1. The highest BCUT2D eigenvalue weighted by Crippen LogP contribution is 2.37. The third-order valence-electron chi connectivity index (χ3n) is 6.37. The second-order valence-corrected chi connectivity index (χ2v) is 9.86. The summed E-state index contributed by atoms with van der Waals surface area (Å²) in [6, 6.07) is 13.1. The van der Waals surface area contributed by atoms with E-state index >= 15 is 0 Å². The zero-order chi connectivity index (χ0) is 28.6. The first kappa shape index (κ1) is 28.9. The van der Waals surface area contributed by atoms with Crippen LogP contribution in [0.2, 0.25) is 0 Å². The van der Waals surface area contributed by atoms with Gasteiger partial charge in [0, 0.05) is 24.5 Å². The number of carbonyl (C=O) groups is 2. The van der Waals surface area contributed by atoms with Crippen molar-refractivity contribution in [2.45, 2.75) is 37.7 Å². The average Bonchev–Trinajstić information content (AvgIpc) is 3.37. The Bertz CT molecular complexity index is 1400. The monoisotopic (exact) mass is 565 g/mol. The van der Waals surface area contributed by atoms with E-state index in [1.165, 1.54) is 23.9 Å². The highest BCUT2D eigenvalue weighted by atomic mass is 32.2. The van der Waals surface area contributed by atoms with Crippen molar-refractivity contribution < 1.29 is 23.5 Å². The van der Waals surface area contributed by atoms with Gasteiger partial charge in [-0.1, -0.05) is 54.7 Å². The second kappa shape index (κ2) is 13.3. The molecule has 1 aliphatic heterocycles. The number of esters is 1. The molecular weight excluding hydrogens is 533 g/mol. The fourth-order valence-electron chi connectivity index (χ4n) is 4.29. The van der Waals surface area contributed by atoms with Crippen molar-refractivity contribution in [3.63, 3.8) is 0 Å². The van der Waals surface area contributed by atoms with E-state index in [0.717, 1.165) is 5.56 Å². The Hall–Kier alpha value is -4.12. The Balaban J connectivity index is 1.60. The van der Waals surface area contributed by atoms with E-state index in [-0.39, 0.29) is 24.9 Å². The van der Waals surface area contributed by atoms with Crippen LogP contribution in [0.3, 0.4) is 0 Å². The Morgan fingerprint density at radius 1 is 1.18 bits per heavy atom. The standard InChI is InChI=1S/C29H32FN5O4S/c1-5-16-38-27(37)25-19(4)31-28-32-29(40-18-21-10-8-9-11-23(21)30)33-35(28)26(25)20-12-14-22(15-13-20)39-17-24(36)34(6-2)7-3/h5,8-15,26H,1,6-7,16-18H2,2-4H3,(H,31,32,33). The highest BCUT2D eigenvalue weighted by Gasteiger charge is 2.35. The maximum atomic E-state index is 14.1. The highest BCUT2D eigenvalue weighted by molar-refractivity contribution is 7.98. The van der Waals surface area contributed by atoms with E-state index in [4.69, 9.17) is 9.47 Å². The van der Waals surface area contributed by atoms with Gasteiger partial charge in [0.2, 0.25) is 11.1 Å². The molecule has 40 heavy (non-hydrogen) atoms. The van der Waals surface area contributed by atoms with Gasteiger partial charge in [-0.15, -0.1) is 5.10 Å². The third-order valence-corrected chi connectivity index (χ3v) is 7.26. The number of ether oxygens (including phenoxy) is 2. The number of halogens is 1. The topological polar surface area (TPSA) is 98.6 Å². The molecule has 0 radical (unpaired) electrons. The number of hydrogen-bond donors (Lipinski definition) is 1. The smallest absolute Gasteiger partial charge is 0.338 e. The number of amides is 1. The van der Waals surface area contributed by atoms with Crippen molar-refractivity contribution >= 4 is 29.6 Å². The molecule has 210 valence electrons. The van der Waals surface area contributed by atoms with Crippen molar-refractivity contribution in [3.8, 4) is 5.75 Å². The van der Waals surface area contributed by atoms with Crippen LogP contribution >= 0.6 is 11.8 Å². The summed E-state index contributed by atoms with van der Waals surface area (Å²) in [6.07, 6.45) is 1.50. The molecule has 2 heterocycles. The van der Waals surface area contributed by atoms with Gasteiger partial charge in [0.05, 0.1) is 5.57 Å². The molecule has 1 aromatic heterocycles. The van der Waals surface area contributed by atoms with Crippen LogP contribution < -0.4 is 10.1 Å². The Labute approximate surface area is 237 Å². The molecular formula is C29H32FN5O4S. The minimum absolute atomic E-state index is 0.0592. The summed E-state index contributed by atoms with van der Waals surface area (Å²) >= 11 is 1.29. The van der Waals surface area contributed by atoms with E-state index in [9.17, 15) is 14.0 Å². The zero-order valence-electron chi connectivity index (χ0n) is 22.7. The number of carbonyl (C=O) groups excluding carboxylic acids is 2. The molecule has 2 aromatic carbocycles. The summed E-state index contributed by atoms with van der Waals surface area (Å²) in [6.45, 7) is 10.5. The summed E-state index contributed by atoms with van der Waals surface area (Å²) in [7, 11) is 0. The minimum Gasteiger partial charge on any atom is -0.484 e. The number of benzene rings is 2. The van der Waals surface area contributed by atoms with Crippen LogP contribution in [0.1, 0.15) is 37.9 Å². The van der Waals surface area contributed by atoms with Crippen LogP contribution in [0.4, 0.5) is 10.3 Å². The quantitative estimate of drug-likeness (QED) is 0.187. The first-order chi connectivity index (χ1) is 19.4. The van der Waals surface area contributed by atoms with Crippen LogP contribution in [0.15, 0.2) is 77.6 Å². The molecule has 9 nitrogen and oxygen atoms in total. The van der Waals surface area contributed by atoms with Gasteiger partial charge in [0.1, 0.15) is 24.2 Å². The first-order valence-electron chi connectivity index (χ1n) is 12.9. The summed E-state index contributed by atoms with van der Waals surface area (Å²) in [5, 5.41) is 8.24. The van der Waals surface area contributed by atoms with Gasteiger partial charge in [-0.05, 0) is 50.1 Å². The molecule has 11 heteroatoms. The van der Waals surface area contributed by atoms with Crippen molar-refractivity contribution in [1.82, 2.24) is 19.7 Å². The molecule has 1 atom stereocenters. The number of aromatic nitrogens is 3. The molecule has 1 amide bonds. The fraction of sp³-hybridized carbons (Fsp3) is 0.310. The number of nitrogens with zero attached hydrogens (tertiary/aromatic N) is 4. The SMILES string of the molecule is C=CCOC(=O)C1=C(C)Nc2nc(SCc3ccccc3F)nn2C1c1ccc(OCC(=O)N(CC)CC)cc1. The van der Waals surface area contributed by atoms with Crippen LogP contribution in [-0.4, -0.2) is 57.8 Å². The molecule has 1 N–H and O–H groups in total. The number of allylic oxidation sites excluding steroid dienone is 1. The molecule has 1 aliphatic rings. The van der Waals surface area contributed by atoms with E-state index in [2.05, 4.69) is 22.0 Å². The molecule has 0 saturated carbocycles. The summed E-state index contributed by atoms with van der Waals surface area (Å²) in [5.41, 5.74) is 2.23. The van der Waals surface area contributed by atoms with Crippen molar-refractivity contribution in [2.24, 2.45) is 0 Å². The lowest BCUT2D eigenvalue weighted by Crippen LogP contribution is -2.34. The summed E-state index contributed by atoms with van der Waals surface area (Å²) < 4.78 is 26.9. The molecule has 0 aliphatic carbocycles. The predicted molar refractivity (Wildman–Crippen MR) is 151 cm³/mol. The normalized spacial score (nSPS) is 14.2. The maximum absolute atomic E-state index is 14.1. The van der Waals surface area contributed by atoms with Crippen molar-refractivity contribution in [1.29, 1.82) is 0 Å². The molecule has 3 aromatic rings. The average molecular weight is 566 g/mol. The largest absolute Gasteiger partial charge is 0.484 e. The number of hydrogen-bond acceptors (Lipinski definition) is 8. The van der Waals surface area contributed by atoms with E-state index < -0.39 is 12.0 Å². The predicted octanol–water partition coefficient (Wildman–Crippen LogP) is 4.97. The second-order valence-electron chi connectivity index (χ2n) is 8.92. The van der Waals surface area contributed by atoms with Crippen LogP contribution in [0.5, 0.6) is 5.75 Å². The van der Waals surface area contributed by atoms with Crippen LogP contribution in [-0.2, 0) is 20.1 Å².